The Bertz CT molecular complexity index is 452. The molecule has 1 heterocycles. The number of hydrogen-bond acceptors (Lipinski definition) is 5. The molecule has 23 heavy (non-hydrogen) atoms. The normalized spacial score (nSPS) is 18.3. The fraction of sp³-hybridized carbons (Fsp3) is 0.812. The van der Waals surface area contributed by atoms with Crippen LogP contribution in [0, 0.1) is 5.41 Å². The molecule has 0 aromatic rings. The number of carbonyl (C=O) groups is 3. The Morgan fingerprint density at radius 1 is 0.870 bits per heavy atom. The van der Waals surface area contributed by atoms with Crippen molar-refractivity contribution in [1.29, 1.82) is 0 Å². The maximum absolute atomic E-state index is 12.7. The van der Waals surface area contributed by atoms with Gasteiger partial charge in [0.15, 0.2) is 5.41 Å². The van der Waals surface area contributed by atoms with Crippen LogP contribution in [-0.2, 0) is 19.1 Å². The zero-order valence-corrected chi connectivity index (χ0v) is 15.5. The largest absolute Gasteiger partial charge is 0.459 e. The van der Waals surface area contributed by atoms with Crippen LogP contribution in [0.1, 0.15) is 54.4 Å². The highest BCUT2D eigenvalue weighted by Crippen LogP contribution is 2.37. The minimum atomic E-state index is -1.40. The molecule has 1 saturated heterocycles. The summed E-state index contributed by atoms with van der Waals surface area (Å²) in [6.07, 6.45) is 0.268. The first-order valence-electron chi connectivity index (χ1n) is 7.68. The molecule has 1 fully saturated rings. The average molecular weight is 348 g/mol. The van der Waals surface area contributed by atoms with Crippen molar-refractivity contribution < 1.29 is 23.9 Å². The van der Waals surface area contributed by atoms with Gasteiger partial charge in [-0.1, -0.05) is 0 Å². The predicted molar refractivity (Wildman–Crippen MR) is 86.2 cm³/mol. The average Bonchev–Trinajstić information content (AvgIpc) is 2.34. The quantitative estimate of drug-likeness (QED) is 0.332. The molecular weight excluding hydrogens is 322 g/mol. The molecule has 0 atom stereocenters. The van der Waals surface area contributed by atoms with Crippen LogP contribution in [-0.4, -0.2) is 46.5 Å². The summed E-state index contributed by atoms with van der Waals surface area (Å²) in [6, 6.07) is 0. The summed E-state index contributed by atoms with van der Waals surface area (Å²) in [6.45, 7) is 10.9. The summed E-state index contributed by atoms with van der Waals surface area (Å²) in [7, 11) is 0. The maximum atomic E-state index is 12.7. The highest BCUT2D eigenvalue weighted by Gasteiger charge is 2.53. The van der Waals surface area contributed by atoms with Crippen LogP contribution in [0.2, 0.25) is 0 Å². The molecule has 6 nitrogen and oxygen atoms in total. The van der Waals surface area contributed by atoms with E-state index in [1.165, 1.54) is 4.90 Å². The Kier molecular flexibility index (Phi) is 5.73. The second-order valence-electron chi connectivity index (χ2n) is 7.83. The first-order valence-corrected chi connectivity index (χ1v) is 8.06. The Morgan fingerprint density at radius 3 is 1.48 bits per heavy atom. The van der Waals surface area contributed by atoms with E-state index >= 15 is 0 Å². The van der Waals surface area contributed by atoms with Crippen molar-refractivity contribution in [2.24, 2.45) is 5.41 Å². The molecule has 7 heteroatoms. The molecule has 1 aliphatic rings. The van der Waals surface area contributed by atoms with E-state index in [9.17, 15) is 14.4 Å². The number of amides is 1. The van der Waals surface area contributed by atoms with Crippen molar-refractivity contribution in [3.63, 3.8) is 0 Å². The van der Waals surface area contributed by atoms with Crippen LogP contribution < -0.4 is 0 Å². The third-order valence-electron chi connectivity index (χ3n) is 3.44. The standard InChI is InChI=1S/C16H26ClNO5/c1-14(2,3)22-11(19)16(12(20)23-15(4,5)6)7-9-18(10-8-16)13(17)21/h7-10H2,1-6H3. The Labute approximate surface area is 142 Å². The van der Waals surface area contributed by atoms with E-state index in [4.69, 9.17) is 21.1 Å². The summed E-state index contributed by atoms with van der Waals surface area (Å²) < 4.78 is 10.9. The van der Waals surface area contributed by atoms with E-state index in [0.717, 1.165) is 0 Å². The second-order valence-corrected chi connectivity index (χ2v) is 8.15. The smallest absolute Gasteiger partial charge is 0.324 e. The lowest BCUT2D eigenvalue weighted by Gasteiger charge is -2.39. The van der Waals surface area contributed by atoms with Crippen LogP contribution in [0.3, 0.4) is 0 Å². The number of piperidine rings is 1. The van der Waals surface area contributed by atoms with Gasteiger partial charge in [0.05, 0.1) is 0 Å². The first-order chi connectivity index (χ1) is 10.3. The fourth-order valence-corrected chi connectivity index (χ4v) is 2.48. The third kappa shape index (κ3) is 5.37. The van der Waals surface area contributed by atoms with Gasteiger partial charge in [-0.05, 0) is 66.0 Å². The number of likely N-dealkylation sites (tertiary alicyclic amines) is 1. The molecule has 0 aliphatic carbocycles. The van der Waals surface area contributed by atoms with Gasteiger partial charge in [-0.25, -0.2) is 0 Å². The van der Waals surface area contributed by atoms with Crippen molar-refractivity contribution in [2.75, 3.05) is 13.1 Å². The number of nitrogens with zero attached hydrogens (tertiary/aromatic N) is 1. The molecule has 0 aromatic carbocycles. The lowest BCUT2D eigenvalue weighted by atomic mass is 9.78. The molecular formula is C16H26ClNO5. The highest BCUT2D eigenvalue weighted by atomic mass is 35.5. The van der Waals surface area contributed by atoms with Gasteiger partial charge >= 0.3 is 17.3 Å². The van der Waals surface area contributed by atoms with E-state index in [2.05, 4.69) is 0 Å². The minimum Gasteiger partial charge on any atom is -0.459 e. The van der Waals surface area contributed by atoms with Crippen LogP contribution in [0.5, 0.6) is 0 Å². The van der Waals surface area contributed by atoms with Crippen molar-refractivity contribution in [3.8, 4) is 0 Å². The molecule has 0 N–H and O–H groups in total. The number of rotatable bonds is 2. The SMILES string of the molecule is CC(C)(C)OC(=O)C1(C(=O)OC(C)(C)C)CCN(C(=O)Cl)CC1. The van der Waals surface area contributed by atoms with Crippen LogP contribution in [0.4, 0.5) is 4.79 Å². The molecule has 0 bridgehead atoms. The minimum absolute atomic E-state index is 0.134. The molecule has 132 valence electrons. The Hall–Kier alpha value is -1.30. The van der Waals surface area contributed by atoms with Crippen molar-refractivity contribution in [1.82, 2.24) is 4.90 Å². The molecule has 0 aromatic heterocycles. The number of hydrogen-bond donors (Lipinski definition) is 0. The highest BCUT2D eigenvalue weighted by molar-refractivity contribution is 6.62. The van der Waals surface area contributed by atoms with Gasteiger partial charge in [-0.2, -0.15) is 0 Å². The fourth-order valence-electron chi connectivity index (χ4n) is 2.31. The van der Waals surface area contributed by atoms with E-state index in [0.29, 0.717) is 0 Å². The summed E-state index contributed by atoms with van der Waals surface area (Å²) in [5.41, 5.74) is -2.83. The molecule has 0 spiro atoms. The van der Waals surface area contributed by atoms with Crippen LogP contribution >= 0.6 is 11.6 Å². The lowest BCUT2D eigenvalue weighted by molar-refractivity contribution is -0.188. The second kappa shape index (κ2) is 6.67. The van der Waals surface area contributed by atoms with Crippen LogP contribution in [0.25, 0.3) is 0 Å². The van der Waals surface area contributed by atoms with Crippen molar-refractivity contribution >= 4 is 28.9 Å². The summed E-state index contributed by atoms with van der Waals surface area (Å²) in [4.78, 5) is 38.0. The zero-order chi connectivity index (χ0) is 18.1. The van der Waals surface area contributed by atoms with Gasteiger partial charge in [-0.15, -0.1) is 0 Å². The molecule has 0 saturated carbocycles. The molecule has 1 aliphatic heterocycles. The topological polar surface area (TPSA) is 72.9 Å². The monoisotopic (exact) mass is 347 g/mol. The summed E-state index contributed by atoms with van der Waals surface area (Å²) in [5, 5.41) is -0.591. The first kappa shape index (κ1) is 19.7. The zero-order valence-electron chi connectivity index (χ0n) is 14.7. The van der Waals surface area contributed by atoms with Gasteiger partial charge in [-0.3, -0.25) is 14.4 Å². The van der Waals surface area contributed by atoms with E-state index in [1.807, 2.05) is 0 Å². The predicted octanol–water partition coefficient (Wildman–Crippen LogP) is 3.11. The maximum Gasteiger partial charge on any atom is 0.324 e. The number of esters is 2. The van der Waals surface area contributed by atoms with Gasteiger partial charge < -0.3 is 14.4 Å². The summed E-state index contributed by atoms with van der Waals surface area (Å²) >= 11 is 5.48. The van der Waals surface area contributed by atoms with E-state index in [1.54, 1.807) is 41.5 Å². The Balaban J connectivity index is 3.05. The lowest BCUT2D eigenvalue weighted by Crippen LogP contribution is -2.53. The van der Waals surface area contributed by atoms with Crippen LogP contribution in [0.15, 0.2) is 0 Å². The van der Waals surface area contributed by atoms with E-state index in [-0.39, 0.29) is 25.9 Å². The molecule has 1 amide bonds. The number of carbonyl (C=O) groups excluding carboxylic acids is 3. The van der Waals surface area contributed by atoms with E-state index < -0.39 is 33.9 Å². The molecule has 1 rings (SSSR count). The molecule has 0 radical (unpaired) electrons. The van der Waals surface area contributed by atoms with Gasteiger partial charge in [0.2, 0.25) is 0 Å². The van der Waals surface area contributed by atoms with Gasteiger partial charge in [0.1, 0.15) is 11.2 Å². The van der Waals surface area contributed by atoms with Gasteiger partial charge in [0, 0.05) is 13.1 Å². The van der Waals surface area contributed by atoms with Crippen molar-refractivity contribution in [3.05, 3.63) is 0 Å². The number of halogens is 1. The number of ether oxygens (including phenoxy) is 2. The van der Waals surface area contributed by atoms with Crippen molar-refractivity contribution in [2.45, 2.75) is 65.6 Å². The Morgan fingerprint density at radius 2 is 1.22 bits per heavy atom. The summed E-state index contributed by atoms with van der Waals surface area (Å²) in [5.74, 6) is -1.22. The molecule has 0 unspecified atom stereocenters. The third-order valence-corrected chi connectivity index (χ3v) is 3.68. The van der Waals surface area contributed by atoms with Gasteiger partial charge in [0.25, 0.3) is 0 Å².